The number of aromatic nitrogens is 2. The molecule has 1 aromatic carbocycles. The second-order valence-electron chi connectivity index (χ2n) is 4.60. The number of hydrogen-bond acceptors (Lipinski definition) is 5. The van der Waals surface area contributed by atoms with E-state index in [4.69, 9.17) is 11.6 Å². The lowest BCUT2D eigenvalue weighted by molar-refractivity contribution is 0.425. The molecule has 2 N–H and O–H groups in total. The molecular weight excluding hydrogens is 274 g/mol. The van der Waals surface area contributed by atoms with E-state index in [1.54, 1.807) is 6.20 Å². The quantitative estimate of drug-likeness (QED) is 0.857. The smallest absolute Gasteiger partial charge is 0.229 e. The summed E-state index contributed by atoms with van der Waals surface area (Å²) in [5, 5.41) is 7.00. The van der Waals surface area contributed by atoms with E-state index in [0.29, 0.717) is 11.0 Å². The first-order valence-corrected chi connectivity index (χ1v) is 6.76. The van der Waals surface area contributed by atoms with Gasteiger partial charge in [-0.3, -0.25) is 0 Å². The fourth-order valence-electron chi connectivity index (χ4n) is 1.61. The van der Waals surface area contributed by atoms with Crippen LogP contribution in [0.1, 0.15) is 0 Å². The van der Waals surface area contributed by atoms with Crippen molar-refractivity contribution >= 4 is 29.1 Å². The standard InChI is InChI=1S/C14H18ClN5/c1-20(2)10-9-16-13-7-8-17-14(19-13)18-12-6-4-3-5-11(12)15/h3-8H,9-10H2,1-2H3,(H2,16,17,18,19). The number of nitrogens with one attached hydrogen (secondary N) is 2. The molecule has 6 heteroatoms. The molecule has 20 heavy (non-hydrogen) atoms. The van der Waals surface area contributed by atoms with Gasteiger partial charge in [-0.25, -0.2) is 4.98 Å². The van der Waals surface area contributed by atoms with Crippen LogP contribution in [0.3, 0.4) is 0 Å². The van der Waals surface area contributed by atoms with Crippen molar-refractivity contribution in [2.45, 2.75) is 0 Å². The molecule has 0 saturated heterocycles. The van der Waals surface area contributed by atoms with E-state index in [0.717, 1.165) is 24.6 Å². The van der Waals surface area contributed by atoms with Crippen molar-refractivity contribution in [1.82, 2.24) is 14.9 Å². The van der Waals surface area contributed by atoms with Crippen molar-refractivity contribution < 1.29 is 0 Å². The summed E-state index contributed by atoms with van der Waals surface area (Å²) < 4.78 is 0. The van der Waals surface area contributed by atoms with Crippen LogP contribution >= 0.6 is 11.6 Å². The van der Waals surface area contributed by atoms with E-state index in [2.05, 4.69) is 25.5 Å². The predicted octanol–water partition coefficient (Wildman–Crippen LogP) is 2.85. The second kappa shape index (κ2) is 7.07. The zero-order chi connectivity index (χ0) is 14.4. The van der Waals surface area contributed by atoms with Gasteiger partial charge in [0.25, 0.3) is 0 Å². The minimum atomic E-state index is 0.521. The fraction of sp³-hybridized carbons (Fsp3) is 0.286. The molecule has 0 spiro atoms. The van der Waals surface area contributed by atoms with Crippen LogP contribution in [0.25, 0.3) is 0 Å². The van der Waals surface area contributed by atoms with Crippen LogP contribution in [0.2, 0.25) is 5.02 Å². The lowest BCUT2D eigenvalue weighted by Gasteiger charge is -2.11. The average Bonchev–Trinajstić information content (AvgIpc) is 2.41. The van der Waals surface area contributed by atoms with Crippen LogP contribution in [0, 0.1) is 0 Å². The molecule has 1 heterocycles. The lowest BCUT2D eigenvalue weighted by atomic mass is 10.3. The first-order chi connectivity index (χ1) is 9.65. The SMILES string of the molecule is CN(C)CCNc1ccnc(Nc2ccccc2Cl)n1. The van der Waals surface area contributed by atoms with Crippen molar-refractivity contribution in [2.24, 2.45) is 0 Å². The first-order valence-electron chi connectivity index (χ1n) is 6.38. The summed E-state index contributed by atoms with van der Waals surface area (Å²) in [6.45, 7) is 1.77. The van der Waals surface area contributed by atoms with Gasteiger partial charge in [0.2, 0.25) is 5.95 Å². The van der Waals surface area contributed by atoms with E-state index in [1.807, 2.05) is 44.4 Å². The molecule has 0 aliphatic heterocycles. The Bertz CT molecular complexity index is 559. The normalized spacial score (nSPS) is 10.6. The van der Waals surface area contributed by atoms with Gasteiger partial charge in [-0.05, 0) is 32.3 Å². The Labute approximate surface area is 124 Å². The second-order valence-corrected chi connectivity index (χ2v) is 5.01. The van der Waals surface area contributed by atoms with Gasteiger partial charge in [-0.1, -0.05) is 23.7 Å². The largest absolute Gasteiger partial charge is 0.369 e. The molecule has 5 nitrogen and oxygen atoms in total. The number of rotatable bonds is 6. The average molecular weight is 292 g/mol. The van der Waals surface area contributed by atoms with Gasteiger partial charge in [0.05, 0.1) is 10.7 Å². The Balaban J connectivity index is 2.01. The molecule has 0 amide bonds. The minimum Gasteiger partial charge on any atom is -0.369 e. The van der Waals surface area contributed by atoms with Gasteiger partial charge in [-0.2, -0.15) is 4.98 Å². The first kappa shape index (κ1) is 14.6. The van der Waals surface area contributed by atoms with Crippen LogP contribution in [0.5, 0.6) is 0 Å². The van der Waals surface area contributed by atoms with Crippen molar-refractivity contribution in [1.29, 1.82) is 0 Å². The van der Waals surface area contributed by atoms with Gasteiger partial charge in [0, 0.05) is 19.3 Å². The molecule has 0 aliphatic carbocycles. The maximum atomic E-state index is 6.09. The maximum Gasteiger partial charge on any atom is 0.229 e. The van der Waals surface area contributed by atoms with Crippen molar-refractivity contribution in [3.05, 3.63) is 41.6 Å². The number of hydrogen-bond donors (Lipinski definition) is 2. The maximum absolute atomic E-state index is 6.09. The van der Waals surface area contributed by atoms with Gasteiger partial charge in [-0.15, -0.1) is 0 Å². The Morgan fingerprint density at radius 1 is 1.20 bits per heavy atom. The fourth-order valence-corrected chi connectivity index (χ4v) is 1.79. The minimum absolute atomic E-state index is 0.521. The van der Waals surface area contributed by atoms with Crippen molar-refractivity contribution in [3.8, 4) is 0 Å². The molecule has 0 atom stereocenters. The Morgan fingerprint density at radius 3 is 2.75 bits per heavy atom. The number of para-hydroxylation sites is 1. The van der Waals surface area contributed by atoms with Gasteiger partial charge >= 0.3 is 0 Å². The summed E-state index contributed by atoms with van der Waals surface area (Å²) in [6.07, 6.45) is 1.71. The third-order valence-corrected chi connectivity index (χ3v) is 2.97. The Hall–Kier alpha value is -1.85. The number of benzene rings is 1. The molecule has 0 bridgehead atoms. The van der Waals surface area contributed by atoms with Gasteiger partial charge in [0.1, 0.15) is 5.82 Å². The molecule has 1 aromatic heterocycles. The van der Waals surface area contributed by atoms with Crippen LogP contribution in [0.15, 0.2) is 36.5 Å². The lowest BCUT2D eigenvalue weighted by Crippen LogP contribution is -2.21. The molecule has 2 aromatic rings. The van der Waals surface area contributed by atoms with E-state index in [1.165, 1.54) is 0 Å². The van der Waals surface area contributed by atoms with Gasteiger partial charge in [0.15, 0.2) is 0 Å². The number of nitrogens with zero attached hydrogens (tertiary/aromatic N) is 3. The zero-order valence-corrected chi connectivity index (χ0v) is 12.4. The molecule has 0 saturated carbocycles. The number of anilines is 3. The summed E-state index contributed by atoms with van der Waals surface area (Å²) in [7, 11) is 4.07. The third-order valence-electron chi connectivity index (χ3n) is 2.64. The molecule has 0 unspecified atom stereocenters. The van der Waals surface area contributed by atoms with E-state index in [9.17, 15) is 0 Å². The summed E-state index contributed by atoms with van der Waals surface area (Å²) in [4.78, 5) is 10.7. The van der Waals surface area contributed by atoms with Crippen LogP contribution < -0.4 is 10.6 Å². The van der Waals surface area contributed by atoms with Crippen molar-refractivity contribution in [2.75, 3.05) is 37.8 Å². The summed E-state index contributed by atoms with van der Waals surface area (Å²) in [5.41, 5.74) is 0.791. The van der Waals surface area contributed by atoms with E-state index in [-0.39, 0.29) is 0 Å². The highest BCUT2D eigenvalue weighted by Gasteiger charge is 2.03. The topological polar surface area (TPSA) is 53.1 Å². The zero-order valence-electron chi connectivity index (χ0n) is 11.6. The summed E-state index contributed by atoms with van der Waals surface area (Å²) in [5.74, 6) is 1.31. The monoisotopic (exact) mass is 291 g/mol. The molecule has 0 radical (unpaired) electrons. The summed E-state index contributed by atoms with van der Waals surface area (Å²) in [6, 6.07) is 9.34. The molecule has 106 valence electrons. The van der Waals surface area contributed by atoms with E-state index < -0.39 is 0 Å². The molecule has 2 rings (SSSR count). The number of halogens is 1. The molecule has 0 aliphatic rings. The van der Waals surface area contributed by atoms with Crippen LogP contribution in [-0.2, 0) is 0 Å². The third kappa shape index (κ3) is 4.36. The van der Waals surface area contributed by atoms with Crippen molar-refractivity contribution in [3.63, 3.8) is 0 Å². The highest BCUT2D eigenvalue weighted by atomic mass is 35.5. The highest BCUT2D eigenvalue weighted by Crippen LogP contribution is 2.23. The molecular formula is C14H18ClN5. The molecule has 0 fully saturated rings. The van der Waals surface area contributed by atoms with Crippen LogP contribution in [-0.4, -0.2) is 42.1 Å². The highest BCUT2D eigenvalue weighted by molar-refractivity contribution is 6.33. The Morgan fingerprint density at radius 2 is 2.00 bits per heavy atom. The number of likely N-dealkylation sites (N-methyl/N-ethyl adjacent to an activating group) is 1. The Kier molecular flexibility index (Phi) is 5.15. The van der Waals surface area contributed by atoms with E-state index >= 15 is 0 Å². The van der Waals surface area contributed by atoms with Gasteiger partial charge < -0.3 is 15.5 Å². The predicted molar refractivity (Wildman–Crippen MR) is 83.8 cm³/mol. The summed E-state index contributed by atoms with van der Waals surface area (Å²) >= 11 is 6.09. The van der Waals surface area contributed by atoms with Crippen LogP contribution in [0.4, 0.5) is 17.5 Å².